The molecule has 9 heteroatoms. The molecule has 3 saturated carbocycles. The van der Waals surface area contributed by atoms with E-state index in [1.54, 1.807) is 0 Å². The average molecular weight is 673 g/mol. The van der Waals surface area contributed by atoms with Gasteiger partial charge in [0.1, 0.15) is 12.2 Å². The van der Waals surface area contributed by atoms with Crippen molar-refractivity contribution in [1.29, 1.82) is 0 Å². The van der Waals surface area contributed by atoms with Crippen LogP contribution >= 0.6 is 0 Å². The van der Waals surface area contributed by atoms with Gasteiger partial charge in [-0.2, -0.15) is 0 Å². The zero-order valence-electron chi connectivity index (χ0n) is 31.4. The lowest BCUT2D eigenvalue weighted by Gasteiger charge is -2.71. The van der Waals surface area contributed by atoms with E-state index < -0.39 is 34.9 Å². The second-order valence-corrected chi connectivity index (χ2v) is 17.9. The van der Waals surface area contributed by atoms with Gasteiger partial charge in [0.05, 0.1) is 25.7 Å². The Morgan fingerprint density at radius 2 is 1.75 bits per heavy atom. The highest BCUT2D eigenvalue weighted by Gasteiger charge is 2.72. The Labute approximate surface area is 289 Å². The van der Waals surface area contributed by atoms with E-state index in [1.165, 1.54) is 12.5 Å². The minimum absolute atomic E-state index is 0.104. The summed E-state index contributed by atoms with van der Waals surface area (Å²) in [5.74, 6) is -0.756. The third-order valence-corrected chi connectivity index (χ3v) is 14.9. The molecule has 4 fully saturated rings. The number of carbonyl (C=O) groups is 3. The molecule has 2 N–H and O–H groups in total. The first-order valence-corrected chi connectivity index (χ1v) is 18.6. The summed E-state index contributed by atoms with van der Waals surface area (Å²) in [6, 6.07) is 0. The van der Waals surface area contributed by atoms with Crippen molar-refractivity contribution in [1.82, 2.24) is 10.2 Å². The molecule has 0 aromatic carbocycles. The van der Waals surface area contributed by atoms with Crippen molar-refractivity contribution >= 4 is 17.9 Å². The molecule has 272 valence electrons. The molecule has 48 heavy (non-hydrogen) atoms. The second-order valence-electron chi connectivity index (χ2n) is 17.9. The molecular formula is C39H64N2O7. The number of hydrogen-bond donors (Lipinski definition) is 2. The first-order valence-electron chi connectivity index (χ1n) is 18.6. The SMILES string of the molecule is CC(=O)O[C@@H]1C[C@]23COC[C@@](C)([C@@H]2CC[C@H]2C3=CC[C@@]3(C)[C@H](C(=O)O)[C@@](C)([C@H](C)C(C)C)CC[C@]23C)[C@H]1OC(=O)CNCCCN(C)C. The van der Waals surface area contributed by atoms with Crippen LogP contribution in [0.2, 0.25) is 0 Å². The number of nitrogens with zero attached hydrogens (tertiary/aromatic N) is 1. The van der Waals surface area contributed by atoms with Crippen LogP contribution < -0.4 is 5.32 Å². The van der Waals surface area contributed by atoms with Crippen LogP contribution in [0.3, 0.4) is 0 Å². The quantitative estimate of drug-likeness (QED) is 0.156. The molecule has 11 atom stereocenters. The minimum Gasteiger partial charge on any atom is -0.481 e. The van der Waals surface area contributed by atoms with Crippen molar-refractivity contribution in [3.05, 3.63) is 11.6 Å². The van der Waals surface area contributed by atoms with E-state index in [-0.39, 0.29) is 52.5 Å². The number of aliphatic carboxylic acids is 1. The predicted molar refractivity (Wildman–Crippen MR) is 185 cm³/mol. The highest BCUT2D eigenvalue weighted by atomic mass is 16.6. The Balaban J connectivity index is 1.48. The number of esters is 2. The third-order valence-electron chi connectivity index (χ3n) is 14.9. The van der Waals surface area contributed by atoms with Gasteiger partial charge >= 0.3 is 17.9 Å². The lowest BCUT2D eigenvalue weighted by Crippen LogP contribution is -2.70. The van der Waals surface area contributed by atoms with Gasteiger partial charge in [0.15, 0.2) is 0 Å². The molecule has 2 bridgehead atoms. The predicted octanol–water partition coefficient (Wildman–Crippen LogP) is 5.96. The summed E-state index contributed by atoms with van der Waals surface area (Å²) in [5, 5.41) is 14.2. The number of fused-ring (bicyclic) bond motifs is 3. The number of rotatable bonds is 11. The highest BCUT2D eigenvalue weighted by molar-refractivity contribution is 5.73. The van der Waals surface area contributed by atoms with Gasteiger partial charge in [-0.25, -0.2) is 0 Å². The van der Waals surface area contributed by atoms with E-state index in [0.29, 0.717) is 38.5 Å². The van der Waals surface area contributed by atoms with Crippen LogP contribution in [0, 0.1) is 56.7 Å². The number of carboxylic acid groups (broad SMARTS) is 1. The molecule has 0 spiro atoms. The van der Waals surface area contributed by atoms with Gasteiger partial charge in [0.2, 0.25) is 0 Å². The Bertz CT molecular complexity index is 1280. The smallest absolute Gasteiger partial charge is 0.320 e. The molecule has 0 unspecified atom stereocenters. The average Bonchev–Trinajstić information content (AvgIpc) is 2.98. The lowest BCUT2D eigenvalue weighted by molar-refractivity contribution is -0.262. The van der Waals surface area contributed by atoms with Crippen LogP contribution in [0.4, 0.5) is 0 Å². The molecule has 5 rings (SSSR count). The minimum atomic E-state index is -0.667. The maximum Gasteiger partial charge on any atom is 0.320 e. The summed E-state index contributed by atoms with van der Waals surface area (Å²) in [4.78, 5) is 41.3. The van der Waals surface area contributed by atoms with Crippen molar-refractivity contribution in [3.8, 4) is 0 Å². The summed E-state index contributed by atoms with van der Waals surface area (Å²) < 4.78 is 18.9. The molecule has 5 aliphatic rings. The van der Waals surface area contributed by atoms with Crippen LogP contribution in [-0.4, -0.2) is 87.1 Å². The van der Waals surface area contributed by atoms with Gasteiger partial charge in [-0.15, -0.1) is 0 Å². The number of hydrogen-bond acceptors (Lipinski definition) is 8. The van der Waals surface area contributed by atoms with Gasteiger partial charge in [0.25, 0.3) is 0 Å². The summed E-state index contributed by atoms with van der Waals surface area (Å²) >= 11 is 0. The van der Waals surface area contributed by atoms with Crippen LogP contribution in [0.1, 0.15) is 100 Å². The van der Waals surface area contributed by atoms with E-state index in [4.69, 9.17) is 14.2 Å². The molecule has 0 amide bonds. The maximum atomic E-state index is 13.4. The number of carbonyl (C=O) groups excluding carboxylic acids is 2. The molecule has 0 radical (unpaired) electrons. The Kier molecular flexibility index (Phi) is 10.3. The third kappa shape index (κ3) is 5.85. The number of nitrogens with one attached hydrogen (secondary N) is 1. The topological polar surface area (TPSA) is 114 Å². The summed E-state index contributed by atoms with van der Waals surface area (Å²) in [7, 11) is 4.06. The maximum absolute atomic E-state index is 13.4. The van der Waals surface area contributed by atoms with E-state index in [1.807, 2.05) is 14.1 Å². The fourth-order valence-corrected chi connectivity index (χ4v) is 12.0. The monoisotopic (exact) mass is 672 g/mol. The van der Waals surface area contributed by atoms with Crippen LogP contribution in [0.5, 0.6) is 0 Å². The normalized spacial score (nSPS) is 42.6. The zero-order chi connectivity index (χ0) is 35.4. The fraction of sp³-hybridized carbons (Fsp3) is 0.872. The van der Waals surface area contributed by atoms with Crippen LogP contribution in [-0.2, 0) is 28.6 Å². The highest BCUT2D eigenvalue weighted by Crippen LogP contribution is 2.75. The number of ether oxygens (including phenoxy) is 3. The lowest BCUT2D eigenvalue weighted by atomic mass is 9.34. The molecule has 1 saturated heterocycles. The number of allylic oxidation sites excluding steroid dienone is 1. The van der Waals surface area contributed by atoms with Crippen molar-refractivity contribution in [3.63, 3.8) is 0 Å². The Hall–Kier alpha value is -1.97. The first kappa shape index (κ1) is 37.3. The van der Waals surface area contributed by atoms with Crippen molar-refractivity contribution < 1.29 is 33.7 Å². The van der Waals surface area contributed by atoms with Crippen molar-refractivity contribution in [2.75, 3.05) is 46.9 Å². The Morgan fingerprint density at radius 3 is 2.38 bits per heavy atom. The van der Waals surface area contributed by atoms with Gasteiger partial charge in [-0.05, 0) is 112 Å². The van der Waals surface area contributed by atoms with Crippen LogP contribution in [0.25, 0.3) is 0 Å². The molecule has 4 aliphatic carbocycles. The number of carboxylic acids is 1. The zero-order valence-corrected chi connectivity index (χ0v) is 31.4. The van der Waals surface area contributed by atoms with Crippen molar-refractivity contribution in [2.24, 2.45) is 56.7 Å². The Morgan fingerprint density at radius 1 is 1.04 bits per heavy atom. The fourth-order valence-electron chi connectivity index (χ4n) is 12.0. The van der Waals surface area contributed by atoms with E-state index >= 15 is 0 Å². The summed E-state index contributed by atoms with van der Waals surface area (Å²) in [6.07, 6.45) is 7.15. The molecule has 9 nitrogen and oxygen atoms in total. The second kappa shape index (κ2) is 13.3. The summed E-state index contributed by atoms with van der Waals surface area (Å²) in [6.45, 7) is 19.9. The molecular weight excluding hydrogens is 608 g/mol. The van der Waals surface area contributed by atoms with Crippen LogP contribution in [0.15, 0.2) is 11.6 Å². The standard InChI is InChI=1S/C39H64N2O7/c1-24(2)25(3)35(5)16-17-37(7)27-12-13-30-36(6)22-46-23-39(30,28(27)14-15-38(37,8)32(35)34(44)45)20-29(47-26(4)42)33(36)48-31(43)21-40-18-11-19-41(9)10/h14,24-25,27,29-30,32-33,40H,11-13,15-23H2,1-10H3,(H,44,45)/t25-,27+,29-,30+,32-,33+,35-,36+,37-,38+,39-/m1/s1. The summed E-state index contributed by atoms with van der Waals surface area (Å²) in [5.41, 5.74) is -0.440. The molecule has 0 aromatic heterocycles. The van der Waals surface area contributed by atoms with Gasteiger partial charge in [-0.1, -0.05) is 60.1 Å². The molecule has 0 aromatic rings. The van der Waals surface area contributed by atoms with Gasteiger partial charge in [0, 0.05) is 17.8 Å². The first-order chi connectivity index (χ1) is 22.4. The van der Waals surface area contributed by atoms with Gasteiger partial charge in [-0.3, -0.25) is 14.4 Å². The van der Waals surface area contributed by atoms with E-state index in [0.717, 1.165) is 38.6 Å². The van der Waals surface area contributed by atoms with E-state index in [9.17, 15) is 19.5 Å². The molecule has 1 heterocycles. The van der Waals surface area contributed by atoms with Gasteiger partial charge < -0.3 is 29.5 Å². The van der Waals surface area contributed by atoms with Crippen molar-refractivity contribution in [2.45, 2.75) is 113 Å². The van der Waals surface area contributed by atoms with E-state index in [2.05, 4.69) is 64.8 Å². The molecule has 1 aliphatic heterocycles. The largest absolute Gasteiger partial charge is 0.481 e.